The molecule has 0 spiro atoms. The number of nitrogens with one attached hydrogen (secondary N) is 1. The van der Waals surface area contributed by atoms with Crippen molar-refractivity contribution in [1.29, 1.82) is 0 Å². The minimum Gasteiger partial charge on any atom is -0.345 e. The lowest BCUT2D eigenvalue weighted by Crippen LogP contribution is -2.30. The highest BCUT2D eigenvalue weighted by atomic mass is 35.5. The zero-order valence-corrected chi connectivity index (χ0v) is 26.5. The van der Waals surface area contributed by atoms with E-state index in [2.05, 4.69) is 113 Å². The number of carbonyl (C=O) groups excluding carboxylic acids is 1. The maximum absolute atomic E-state index is 13.9. The highest BCUT2D eigenvalue weighted by Crippen LogP contribution is 2.32. The van der Waals surface area contributed by atoms with Gasteiger partial charge in [-0.25, -0.2) is 0 Å². The molecule has 4 aromatic carbocycles. The van der Waals surface area contributed by atoms with Gasteiger partial charge in [-0.1, -0.05) is 110 Å². The zero-order chi connectivity index (χ0) is 29.4. The molecular weight excluding hydrogens is 542 g/mol. The van der Waals surface area contributed by atoms with Crippen LogP contribution in [0.1, 0.15) is 83.4 Å². The molecule has 1 atom stereocenters. The number of hydrogen-bond acceptors (Lipinski definition) is 2. The average Bonchev–Trinajstić information content (AvgIpc) is 2.93. The van der Waals surface area contributed by atoms with Crippen LogP contribution in [0.3, 0.4) is 0 Å². The third-order valence-electron chi connectivity index (χ3n) is 7.29. The second-order valence-electron chi connectivity index (χ2n) is 11.5. The second-order valence-corrected chi connectivity index (χ2v) is 13.0. The number of hydrogen-bond donors (Lipinski definition) is 1. The van der Waals surface area contributed by atoms with Crippen molar-refractivity contribution >= 4 is 29.3 Å². The van der Waals surface area contributed by atoms with E-state index in [1.54, 1.807) is 11.8 Å². The fourth-order valence-corrected chi connectivity index (χ4v) is 6.49. The predicted molar refractivity (Wildman–Crippen MR) is 175 cm³/mol. The van der Waals surface area contributed by atoms with E-state index >= 15 is 0 Å². The van der Waals surface area contributed by atoms with Crippen LogP contribution in [0.4, 0.5) is 0 Å². The molecule has 0 saturated heterocycles. The fourth-order valence-electron chi connectivity index (χ4n) is 5.39. The smallest absolute Gasteiger partial charge is 0.252 e. The van der Waals surface area contributed by atoms with Crippen LogP contribution in [-0.2, 0) is 19.3 Å². The lowest BCUT2D eigenvalue weighted by Gasteiger charge is -2.23. The lowest BCUT2D eigenvalue weighted by atomic mass is 9.93. The lowest BCUT2D eigenvalue weighted by molar-refractivity contribution is 0.0931. The summed E-state index contributed by atoms with van der Waals surface area (Å²) in [6.45, 7) is 10.9. The number of amides is 1. The molecule has 0 fully saturated rings. The molecular formula is C37H42ClNOS. The first-order valence-corrected chi connectivity index (χ1v) is 15.9. The number of rotatable bonds is 12. The van der Waals surface area contributed by atoms with Gasteiger partial charge < -0.3 is 5.32 Å². The van der Waals surface area contributed by atoms with E-state index in [9.17, 15) is 4.79 Å². The van der Waals surface area contributed by atoms with Gasteiger partial charge in [-0.2, -0.15) is 0 Å². The third-order valence-corrected chi connectivity index (χ3v) is 8.67. The Hall–Kier alpha value is -3.01. The summed E-state index contributed by atoms with van der Waals surface area (Å²) >= 11 is 7.85. The van der Waals surface area contributed by atoms with Gasteiger partial charge in [0.1, 0.15) is 0 Å². The molecule has 0 bridgehead atoms. The van der Waals surface area contributed by atoms with Crippen LogP contribution < -0.4 is 5.32 Å². The number of aryl methyl sites for hydroxylation is 5. The monoisotopic (exact) mass is 583 g/mol. The highest BCUT2D eigenvalue weighted by molar-refractivity contribution is 7.99. The molecule has 1 N–H and O–H groups in total. The van der Waals surface area contributed by atoms with Crippen LogP contribution in [0.5, 0.6) is 0 Å². The SMILES string of the molecule is CCCc1ccc(CCc2ccccc2Sc2ccc(Cl)cc2)cc1C(=O)NC(CC(C)C)c1cc(C)cc(C)c1. The van der Waals surface area contributed by atoms with Crippen molar-refractivity contribution in [3.63, 3.8) is 0 Å². The summed E-state index contributed by atoms with van der Waals surface area (Å²) in [6, 6.07) is 29.7. The Labute approximate surface area is 255 Å². The van der Waals surface area contributed by atoms with Crippen LogP contribution >= 0.6 is 23.4 Å². The van der Waals surface area contributed by atoms with E-state index in [4.69, 9.17) is 11.6 Å². The molecule has 0 aliphatic carbocycles. The van der Waals surface area contributed by atoms with Crippen molar-refractivity contribution < 1.29 is 4.79 Å². The van der Waals surface area contributed by atoms with E-state index in [0.29, 0.717) is 5.92 Å². The summed E-state index contributed by atoms with van der Waals surface area (Å²) < 4.78 is 0. The summed E-state index contributed by atoms with van der Waals surface area (Å²) in [6.07, 6.45) is 4.57. The van der Waals surface area contributed by atoms with Crippen LogP contribution in [-0.4, -0.2) is 5.91 Å². The molecule has 0 aromatic heterocycles. The molecule has 0 radical (unpaired) electrons. The Kier molecular flexibility index (Phi) is 11.1. The van der Waals surface area contributed by atoms with E-state index < -0.39 is 0 Å². The first-order chi connectivity index (χ1) is 19.7. The van der Waals surface area contributed by atoms with Crippen molar-refractivity contribution in [2.75, 3.05) is 0 Å². The average molecular weight is 584 g/mol. The molecule has 0 saturated carbocycles. The topological polar surface area (TPSA) is 29.1 Å². The Morgan fingerprint density at radius 1 is 0.829 bits per heavy atom. The highest BCUT2D eigenvalue weighted by Gasteiger charge is 2.20. The van der Waals surface area contributed by atoms with Crippen LogP contribution in [0.25, 0.3) is 0 Å². The van der Waals surface area contributed by atoms with E-state index in [0.717, 1.165) is 48.3 Å². The Morgan fingerprint density at radius 3 is 2.22 bits per heavy atom. The third kappa shape index (κ3) is 8.99. The summed E-state index contributed by atoms with van der Waals surface area (Å²) in [4.78, 5) is 16.3. The normalized spacial score (nSPS) is 12.0. The number of carbonyl (C=O) groups is 1. The van der Waals surface area contributed by atoms with Crippen LogP contribution in [0.15, 0.2) is 94.7 Å². The van der Waals surface area contributed by atoms with Gasteiger partial charge in [0.2, 0.25) is 0 Å². The summed E-state index contributed by atoms with van der Waals surface area (Å²) in [5.41, 5.74) is 8.07. The van der Waals surface area contributed by atoms with Crippen molar-refractivity contribution in [2.24, 2.45) is 5.92 Å². The van der Waals surface area contributed by atoms with Crippen LogP contribution in [0.2, 0.25) is 5.02 Å². The van der Waals surface area contributed by atoms with Crippen LogP contribution in [0, 0.1) is 19.8 Å². The zero-order valence-electron chi connectivity index (χ0n) is 25.0. The Bertz CT molecular complexity index is 1440. The van der Waals surface area contributed by atoms with E-state index in [1.807, 2.05) is 12.1 Å². The minimum atomic E-state index is -0.0176. The van der Waals surface area contributed by atoms with Gasteiger partial charge in [-0.15, -0.1) is 0 Å². The quantitative estimate of drug-likeness (QED) is 0.180. The molecule has 1 amide bonds. The van der Waals surface area contributed by atoms with Gasteiger partial charge in [0, 0.05) is 20.4 Å². The van der Waals surface area contributed by atoms with Gasteiger partial charge in [0.25, 0.3) is 5.91 Å². The number of halogens is 1. The fraction of sp³-hybridized carbons (Fsp3) is 0.324. The van der Waals surface area contributed by atoms with E-state index in [1.165, 1.54) is 37.6 Å². The Balaban J connectivity index is 1.54. The van der Waals surface area contributed by atoms with Gasteiger partial charge in [0.15, 0.2) is 0 Å². The van der Waals surface area contributed by atoms with Gasteiger partial charge in [0.05, 0.1) is 6.04 Å². The molecule has 0 aliphatic heterocycles. The Morgan fingerprint density at radius 2 is 1.54 bits per heavy atom. The molecule has 214 valence electrons. The maximum Gasteiger partial charge on any atom is 0.252 e. The summed E-state index contributed by atoms with van der Waals surface area (Å²) in [5.74, 6) is 0.493. The molecule has 41 heavy (non-hydrogen) atoms. The molecule has 0 aliphatic rings. The van der Waals surface area contributed by atoms with Crippen molar-refractivity contribution in [2.45, 2.75) is 82.6 Å². The molecule has 1 unspecified atom stereocenters. The largest absolute Gasteiger partial charge is 0.345 e. The van der Waals surface area contributed by atoms with Gasteiger partial charge in [-0.05, 0) is 104 Å². The molecule has 4 heteroatoms. The molecule has 2 nitrogen and oxygen atoms in total. The van der Waals surface area contributed by atoms with E-state index in [-0.39, 0.29) is 11.9 Å². The van der Waals surface area contributed by atoms with Gasteiger partial charge >= 0.3 is 0 Å². The minimum absolute atomic E-state index is 0.0176. The first-order valence-electron chi connectivity index (χ1n) is 14.7. The molecule has 4 rings (SSSR count). The molecule has 4 aromatic rings. The van der Waals surface area contributed by atoms with Crippen molar-refractivity contribution in [1.82, 2.24) is 5.32 Å². The number of benzene rings is 4. The first kappa shape index (κ1) is 30.9. The van der Waals surface area contributed by atoms with Crippen molar-refractivity contribution in [3.8, 4) is 0 Å². The predicted octanol–water partition coefficient (Wildman–Crippen LogP) is 10.4. The molecule has 0 heterocycles. The van der Waals surface area contributed by atoms with Gasteiger partial charge in [-0.3, -0.25) is 4.79 Å². The standard InChI is InChI=1S/C37H42ClNOS/c1-6-9-29-14-12-28(13-15-30-10-7-8-11-36(30)41-33-18-16-32(38)17-19-33)24-34(29)37(40)39-35(20-25(2)3)31-22-26(4)21-27(5)23-31/h7-8,10-12,14,16-19,21-25,35H,6,9,13,15,20H2,1-5H3,(H,39,40). The summed E-state index contributed by atoms with van der Waals surface area (Å²) in [5, 5.41) is 4.17. The summed E-state index contributed by atoms with van der Waals surface area (Å²) in [7, 11) is 0. The second kappa shape index (κ2) is 14.8. The van der Waals surface area contributed by atoms with Crippen molar-refractivity contribution in [3.05, 3.63) is 129 Å². The maximum atomic E-state index is 13.9.